The lowest BCUT2D eigenvalue weighted by molar-refractivity contribution is -0.113. The number of carbonyl (C=O) groups excluding carboxylic acids is 2. The van der Waals surface area contributed by atoms with Crippen LogP contribution in [0.5, 0.6) is 0 Å². The zero-order chi connectivity index (χ0) is 23.7. The Morgan fingerprint density at radius 1 is 1.21 bits per heavy atom. The molecule has 9 heteroatoms. The number of para-hydroxylation sites is 1. The van der Waals surface area contributed by atoms with E-state index in [1.165, 1.54) is 35.0 Å². The molecule has 0 saturated heterocycles. The van der Waals surface area contributed by atoms with Crippen LogP contribution in [0.3, 0.4) is 0 Å². The van der Waals surface area contributed by atoms with E-state index in [0.717, 1.165) is 42.3 Å². The number of hydrogen-bond donors (Lipinski definition) is 2. The number of nitrogens with zero attached hydrogens (tertiary/aromatic N) is 3. The van der Waals surface area contributed by atoms with Gasteiger partial charge in [-0.25, -0.2) is 0 Å². The summed E-state index contributed by atoms with van der Waals surface area (Å²) in [6.07, 6.45) is 6.84. The van der Waals surface area contributed by atoms with Crippen molar-refractivity contribution >= 4 is 40.6 Å². The van der Waals surface area contributed by atoms with Crippen LogP contribution < -0.4 is 10.6 Å². The predicted octanol–water partition coefficient (Wildman–Crippen LogP) is 4.68. The molecule has 2 aromatic heterocycles. The van der Waals surface area contributed by atoms with E-state index in [1.54, 1.807) is 18.2 Å². The van der Waals surface area contributed by atoms with Crippen molar-refractivity contribution in [3.8, 4) is 10.7 Å². The number of rotatable bonds is 8. The summed E-state index contributed by atoms with van der Waals surface area (Å²) in [7, 11) is 1.95. The van der Waals surface area contributed by atoms with Gasteiger partial charge in [0.25, 0.3) is 5.91 Å². The summed E-state index contributed by atoms with van der Waals surface area (Å²) in [5, 5.41) is 15.3. The van der Waals surface area contributed by atoms with Crippen LogP contribution >= 0.6 is 23.1 Å². The lowest BCUT2D eigenvalue weighted by Gasteiger charge is -2.19. The van der Waals surface area contributed by atoms with Gasteiger partial charge in [0.1, 0.15) is 0 Å². The topological polar surface area (TPSA) is 88.9 Å². The third-order valence-corrected chi connectivity index (χ3v) is 8.76. The van der Waals surface area contributed by atoms with Crippen LogP contribution in [0.15, 0.2) is 35.5 Å². The van der Waals surface area contributed by atoms with Crippen LogP contribution in [0.25, 0.3) is 10.7 Å². The van der Waals surface area contributed by atoms with Crippen molar-refractivity contribution in [1.82, 2.24) is 20.1 Å². The number of aryl methyl sites for hydroxylation is 1. The molecule has 1 atom stereocenters. The van der Waals surface area contributed by atoms with Gasteiger partial charge in [-0.3, -0.25) is 9.59 Å². The number of fused-ring (bicyclic) bond motifs is 1. The molecule has 2 heterocycles. The Balaban J connectivity index is 1.22. The fraction of sp³-hybridized carbons (Fsp3) is 0.440. The van der Waals surface area contributed by atoms with Crippen LogP contribution in [-0.4, -0.2) is 38.4 Å². The molecule has 2 aliphatic rings. The molecule has 2 aliphatic carbocycles. The Morgan fingerprint density at radius 3 is 2.82 bits per heavy atom. The van der Waals surface area contributed by atoms with E-state index in [4.69, 9.17) is 0 Å². The van der Waals surface area contributed by atoms with Gasteiger partial charge in [0.15, 0.2) is 11.0 Å². The van der Waals surface area contributed by atoms with Gasteiger partial charge >= 0.3 is 0 Å². The zero-order valence-electron chi connectivity index (χ0n) is 19.5. The Bertz CT molecular complexity index is 1210. The summed E-state index contributed by atoms with van der Waals surface area (Å²) in [6.45, 7) is 2.27. The number of nitrogens with one attached hydrogen (secondary N) is 2. The quantitative estimate of drug-likeness (QED) is 0.443. The van der Waals surface area contributed by atoms with Gasteiger partial charge in [-0.2, -0.15) is 0 Å². The first kappa shape index (κ1) is 23.1. The molecule has 1 aromatic carbocycles. The van der Waals surface area contributed by atoms with Gasteiger partial charge in [-0.05, 0) is 61.8 Å². The molecule has 1 fully saturated rings. The Labute approximate surface area is 207 Å². The van der Waals surface area contributed by atoms with E-state index in [9.17, 15) is 9.59 Å². The number of aromatic nitrogens is 3. The monoisotopic (exact) mass is 495 g/mol. The molecule has 7 nitrogen and oxygen atoms in total. The third-order valence-electron chi connectivity index (χ3n) is 6.51. The predicted molar refractivity (Wildman–Crippen MR) is 136 cm³/mol. The third kappa shape index (κ3) is 5.05. The Kier molecular flexibility index (Phi) is 6.74. The molecule has 0 bridgehead atoms. The first-order valence-electron chi connectivity index (χ1n) is 11.9. The smallest absolute Gasteiger partial charge is 0.253 e. The normalized spacial score (nSPS) is 17.3. The van der Waals surface area contributed by atoms with Gasteiger partial charge in [0.05, 0.1) is 21.9 Å². The molecule has 0 radical (unpaired) electrons. The summed E-state index contributed by atoms with van der Waals surface area (Å²) >= 11 is 3.16. The average molecular weight is 496 g/mol. The molecule has 2 amide bonds. The number of amides is 2. The second-order valence-corrected chi connectivity index (χ2v) is 11.2. The van der Waals surface area contributed by atoms with Crippen LogP contribution in [0.2, 0.25) is 0 Å². The van der Waals surface area contributed by atoms with Crippen molar-refractivity contribution in [3.63, 3.8) is 0 Å². The van der Waals surface area contributed by atoms with Crippen molar-refractivity contribution in [1.29, 1.82) is 0 Å². The number of carbonyl (C=O) groups is 2. The molecule has 0 spiro atoms. The largest absolute Gasteiger partial charge is 0.349 e. The van der Waals surface area contributed by atoms with Gasteiger partial charge in [-0.1, -0.05) is 37.2 Å². The Morgan fingerprint density at radius 2 is 2.03 bits per heavy atom. The van der Waals surface area contributed by atoms with E-state index in [2.05, 4.69) is 33.8 Å². The maximum atomic E-state index is 12.7. The number of thiophene rings is 1. The SMILES string of the molecule is CCC1CCc2sc(-c3nnc(SCC(=O)Nc4ccccc4C(=O)NC4CC4)n3C)cc2C1. The second kappa shape index (κ2) is 9.92. The number of anilines is 1. The summed E-state index contributed by atoms with van der Waals surface area (Å²) in [6, 6.07) is 9.65. The lowest BCUT2D eigenvalue weighted by Crippen LogP contribution is -2.27. The summed E-state index contributed by atoms with van der Waals surface area (Å²) < 4.78 is 1.96. The minimum absolute atomic E-state index is 0.145. The van der Waals surface area contributed by atoms with E-state index in [-0.39, 0.29) is 23.6 Å². The maximum Gasteiger partial charge on any atom is 0.253 e. The summed E-state index contributed by atoms with van der Waals surface area (Å²) in [4.78, 5) is 27.7. The molecule has 5 rings (SSSR count). The van der Waals surface area contributed by atoms with Crippen molar-refractivity contribution in [3.05, 3.63) is 46.3 Å². The van der Waals surface area contributed by atoms with Gasteiger partial charge < -0.3 is 15.2 Å². The van der Waals surface area contributed by atoms with Gasteiger partial charge in [0.2, 0.25) is 5.91 Å². The van der Waals surface area contributed by atoms with E-state index in [1.807, 2.05) is 29.0 Å². The Hall–Kier alpha value is -2.65. The number of hydrogen-bond acceptors (Lipinski definition) is 6. The molecule has 178 valence electrons. The lowest BCUT2D eigenvalue weighted by atomic mass is 9.87. The van der Waals surface area contributed by atoms with E-state index < -0.39 is 0 Å². The second-order valence-electron chi connectivity index (χ2n) is 9.07. The first-order valence-corrected chi connectivity index (χ1v) is 13.7. The number of thioether (sulfide) groups is 1. The minimum Gasteiger partial charge on any atom is -0.349 e. The van der Waals surface area contributed by atoms with Gasteiger partial charge in [-0.15, -0.1) is 21.5 Å². The average Bonchev–Trinajstić information content (AvgIpc) is 3.43. The summed E-state index contributed by atoms with van der Waals surface area (Å²) in [5.74, 6) is 1.48. The highest BCUT2D eigenvalue weighted by Crippen LogP contribution is 2.38. The highest BCUT2D eigenvalue weighted by Gasteiger charge is 2.25. The maximum absolute atomic E-state index is 12.7. The zero-order valence-corrected chi connectivity index (χ0v) is 21.1. The molecule has 3 aromatic rings. The highest BCUT2D eigenvalue weighted by atomic mass is 32.2. The van der Waals surface area contributed by atoms with Crippen molar-refractivity contribution in [2.75, 3.05) is 11.1 Å². The van der Waals surface area contributed by atoms with Crippen molar-refractivity contribution in [2.45, 2.75) is 56.6 Å². The summed E-state index contributed by atoms with van der Waals surface area (Å²) in [5.41, 5.74) is 2.47. The fourth-order valence-corrected chi connectivity index (χ4v) is 6.25. The minimum atomic E-state index is -0.182. The molecule has 34 heavy (non-hydrogen) atoms. The van der Waals surface area contributed by atoms with Crippen LogP contribution in [-0.2, 0) is 24.7 Å². The van der Waals surface area contributed by atoms with Crippen molar-refractivity contribution in [2.24, 2.45) is 13.0 Å². The molecular weight excluding hydrogens is 466 g/mol. The standard InChI is InChI=1S/C25H29N5O2S2/c1-3-15-8-11-20-16(12-15)13-21(34-20)23-28-29-25(30(23)2)33-14-22(31)27-19-7-5-4-6-18(19)24(32)26-17-9-10-17/h4-7,13,15,17H,3,8-12,14H2,1-2H3,(H,26,32)(H,27,31). The van der Waals surface area contributed by atoms with E-state index >= 15 is 0 Å². The van der Waals surface area contributed by atoms with Crippen LogP contribution in [0, 0.1) is 5.92 Å². The highest BCUT2D eigenvalue weighted by molar-refractivity contribution is 7.99. The molecule has 1 unspecified atom stereocenters. The van der Waals surface area contributed by atoms with Crippen molar-refractivity contribution < 1.29 is 9.59 Å². The molecule has 2 N–H and O–H groups in total. The van der Waals surface area contributed by atoms with Crippen LogP contribution in [0.4, 0.5) is 5.69 Å². The van der Waals surface area contributed by atoms with E-state index in [0.29, 0.717) is 16.4 Å². The molecule has 0 aliphatic heterocycles. The number of benzene rings is 1. The first-order chi connectivity index (χ1) is 16.5. The molecular formula is C25H29N5O2S2. The van der Waals surface area contributed by atoms with Crippen LogP contribution in [0.1, 0.15) is 53.4 Å². The van der Waals surface area contributed by atoms with Gasteiger partial charge in [0, 0.05) is 18.0 Å². The molecule has 1 saturated carbocycles. The fourth-order valence-electron chi connectivity index (χ4n) is 4.31.